The summed E-state index contributed by atoms with van der Waals surface area (Å²) >= 11 is 0. The van der Waals surface area contributed by atoms with Crippen LogP contribution in [0.2, 0.25) is 0 Å². The number of para-hydroxylation sites is 1. The number of rotatable bonds is 5. The molecular formula is C23H27NO5. The fourth-order valence-electron chi connectivity index (χ4n) is 3.15. The van der Waals surface area contributed by atoms with Crippen molar-refractivity contribution in [2.24, 2.45) is 0 Å². The average Bonchev–Trinajstić information content (AvgIpc) is 3.10. The number of ether oxygens (including phenoxy) is 3. The first kappa shape index (κ1) is 20.7. The molecule has 6 heteroatoms. The van der Waals surface area contributed by atoms with E-state index < -0.39 is 23.7 Å². The predicted molar refractivity (Wildman–Crippen MR) is 108 cm³/mol. The van der Waals surface area contributed by atoms with E-state index >= 15 is 0 Å². The molecule has 0 saturated carbocycles. The van der Waals surface area contributed by atoms with E-state index in [2.05, 4.69) is 0 Å². The maximum absolute atomic E-state index is 12.8. The highest BCUT2D eigenvalue weighted by molar-refractivity contribution is 5.82. The molecule has 1 aliphatic rings. The Balaban J connectivity index is 1.69. The van der Waals surface area contributed by atoms with Crippen LogP contribution >= 0.6 is 0 Å². The van der Waals surface area contributed by atoms with E-state index in [9.17, 15) is 9.59 Å². The molecule has 1 amide bonds. The van der Waals surface area contributed by atoms with Crippen LogP contribution in [0, 0.1) is 0 Å². The maximum Gasteiger partial charge on any atom is 0.411 e. The minimum Gasteiger partial charge on any atom is -0.488 e. The topological polar surface area (TPSA) is 65.1 Å². The standard InChI is InChI=1S/C23H27NO5/c1-23(2,3)29-22(26)24-15-19(28-18-12-8-5-9-13-18)14-20(24)21(25)27-16-17-10-6-4-7-11-17/h4-13,19-20H,14-16H2,1-3H3/t19-,20-/m0/s1. The van der Waals surface area contributed by atoms with E-state index in [-0.39, 0.29) is 19.3 Å². The van der Waals surface area contributed by atoms with E-state index in [0.29, 0.717) is 12.2 Å². The lowest BCUT2D eigenvalue weighted by Gasteiger charge is -2.27. The van der Waals surface area contributed by atoms with Gasteiger partial charge in [0.1, 0.15) is 30.1 Å². The third kappa shape index (κ3) is 5.98. The molecule has 0 spiro atoms. The SMILES string of the molecule is CC(C)(C)OC(=O)N1C[C@@H](Oc2ccccc2)C[C@H]1C(=O)OCc1ccccc1. The minimum atomic E-state index is -0.748. The second-order valence-corrected chi connectivity index (χ2v) is 8.03. The van der Waals surface area contributed by atoms with Gasteiger partial charge < -0.3 is 14.2 Å². The summed E-state index contributed by atoms with van der Waals surface area (Å²) in [5.41, 5.74) is 0.230. The molecule has 0 aromatic heterocycles. The molecule has 3 rings (SSSR count). The molecular weight excluding hydrogens is 370 g/mol. The summed E-state index contributed by atoms with van der Waals surface area (Å²) in [6, 6.07) is 18.0. The van der Waals surface area contributed by atoms with E-state index in [0.717, 1.165) is 5.56 Å². The molecule has 2 atom stereocenters. The highest BCUT2D eigenvalue weighted by atomic mass is 16.6. The van der Waals surface area contributed by atoms with Crippen molar-refractivity contribution >= 4 is 12.1 Å². The summed E-state index contributed by atoms with van der Waals surface area (Å²) in [6.45, 7) is 5.79. The molecule has 154 valence electrons. The Hall–Kier alpha value is -3.02. The first-order valence-corrected chi connectivity index (χ1v) is 9.74. The first-order chi connectivity index (χ1) is 13.8. The van der Waals surface area contributed by atoms with Gasteiger partial charge in [0, 0.05) is 6.42 Å². The number of benzene rings is 2. The van der Waals surface area contributed by atoms with Crippen molar-refractivity contribution < 1.29 is 23.8 Å². The van der Waals surface area contributed by atoms with Gasteiger partial charge in [0.25, 0.3) is 0 Å². The summed E-state index contributed by atoms with van der Waals surface area (Å²) in [4.78, 5) is 26.9. The van der Waals surface area contributed by atoms with Crippen molar-refractivity contribution in [2.45, 2.75) is 51.5 Å². The van der Waals surface area contributed by atoms with E-state index in [4.69, 9.17) is 14.2 Å². The van der Waals surface area contributed by atoms with Crippen molar-refractivity contribution in [2.75, 3.05) is 6.54 Å². The minimum absolute atomic E-state index is 0.155. The van der Waals surface area contributed by atoms with Crippen molar-refractivity contribution in [3.63, 3.8) is 0 Å². The lowest BCUT2D eigenvalue weighted by Crippen LogP contribution is -2.44. The van der Waals surface area contributed by atoms with Crippen LogP contribution in [0.1, 0.15) is 32.8 Å². The van der Waals surface area contributed by atoms with Gasteiger partial charge in [-0.25, -0.2) is 9.59 Å². The molecule has 1 fully saturated rings. The largest absolute Gasteiger partial charge is 0.488 e. The summed E-state index contributed by atoms with van der Waals surface area (Å²) in [5.74, 6) is 0.235. The zero-order valence-electron chi connectivity index (χ0n) is 17.0. The van der Waals surface area contributed by atoms with Crippen LogP contribution in [-0.2, 0) is 20.9 Å². The number of hydrogen-bond acceptors (Lipinski definition) is 5. The lowest BCUT2D eigenvalue weighted by atomic mass is 10.2. The Morgan fingerprint density at radius 2 is 1.62 bits per heavy atom. The van der Waals surface area contributed by atoms with Crippen LogP contribution in [-0.4, -0.2) is 41.3 Å². The maximum atomic E-state index is 12.8. The fraction of sp³-hybridized carbons (Fsp3) is 0.391. The quantitative estimate of drug-likeness (QED) is 0.708. The average molecular weight is 397 g/mol. The van der Waals surface area contributed by atoms with Crippen LogP contribution in [0.25, 0.3) is 0 Å². The lowest BCUT2D eigenvalue weighted by molar-refractivity contribution is -0.150. The number of amides is 1. The number of likely N-dealkylation sites (tertiary alicyclic amines) is 1. The smallest absolute Gasteiger partial charge is 0.411 e. The summed E-state index contributed by atoms with van der Waals surface area (Å²) in [5, 5.41) is 0. The first-order valence-electron chi connectivity index (χ1n) is 9.74. The van der Waals surface area contributed by atoms with Gasteiger partial charge in [0.05, 0.1) is 6.54 Å². The molecule has 0 bridgehead atoms. The van der Waals surface area contributed by atoms with Crippen LogP contribution in [0.15, 0.2) is 60.7 Å². The molecule has 1 saturated heterocycles. The number of nitrogens with zero attached hydrogens (tertiary/aromatic N) is 1. The zero-order valence-corrected chi connectivity index (χ0v) is 17.0. The highest BCUT2D eigenvalue weighted by Crippen LogP contribution is 2.26. The molecule has 0 radical (unpaired) electrons. The van der Waals surface area contributed by atoms with E-state index in [1.807, 2.05) is 60.7 Å². The van der Waals surface area contributed by atoms with Crippen LogP contribution in [0.5, 0.6) is 5.75 Å². The number of carbonyl (C=O) groups is 2. The van der Waals surface area contributed by atoms with Gasteiger partial charge in [-0.15, -0.1) is 0 Å². The molecule has 2 aromatic rings. The van der Waals surface area contributed by atoms with Gasteiger partial charge >= 0.3 is 12.1 Å². The molecule has 6 nitrogen and oxygen atoms in total. The van der Waals surface area contributed by atoms with Gasteiger partial charge in [-0.2, -0.15) is 0 Å². The van der Waals surface area contributed by atoms with Gasteiger partial charge in [-0.1, -0.05) is 48.5 Å². The van der Waals surface area contributed by atoms with Crippen LogP contribution < -0.4 is 4.74 Å². The second-order valence-electron chi connectivity index (χ2n) is 8.03. The summed E-state index contributed by atoms with van der Waals surface area (Å²) in [7, 11) is 0. The normalized spacial score (nSPS) is 18.9. The second kappa shape index (κ2) is 8.99. The highest BCUT2D eigenvalue weighted by Gasteiger charge is 2.43. The monoisotopic (exact) mass is 397 g/mol. The Labute approximate surface area is 171 Å². The third-order valence-corrected chi connectivity index (χ3v) is 4.43. The molecule has 0 aliphatic carbocycles. The Morgan fingerprint density at radius 1 is 1.00 bits per heavy atom. The summed E-state index contributed by atoms with van der Waals surface area (Å²) < 4.78 is 16.9. The van der Waals surface area contributed by atoms with Crippen molar-refractivity contribution in [3.05, 3.63) is 66.2 Å². The van der Waals surface area contributed by atoms with Gasteiger partial charge in [0.2, 0.25) is 0 Å². The third-order valence-electron chi connectivity index (χ3n) is 4.43. The molecule has 0 unspecified atom stereocenters. The van der Waals surface area contributed by atoms with Crippen molar-refractivity contribution in [1.29, 1.82) is 0 Å². The van der Waals surface area contributed by atoms with Crippen molar-refractivity contribution in [3.8, 4) is 5.75 Å². The van der Waals surface area contributed by atoms with Gasteiger partial charge in [0.15, 0.2) is 0 Å². The predicted octanol–water partition coefficient (Wildman–Crippen LogP) is 4.19. The van der Waals surface area contributed by atoms with Gasteiger partial charge in [-0.3, -0.25) is 4.90 Å². The number of hydrogen-bond donors (Lipinski definition) is 0. The molecule has 2 aromatic carbocycles. The Morgan fingerprint density at radius 3 is 2.24 bits per heavy atom. The fourth-order valence-corrected chi connectivity index (χ4v) is 3.15. The number of carbonyl (C=O) groups excluding carboxylic acids is 2. The molecule has 1 heterocycles. The summed E-state index contributed by atoms with van der Waals surface area (Å²) in [6.07, 6.45) is -0.514. The van der Waals surface area contributed by atoms with E-state index in [1.165, 1.54) is 4.90 Å². The Bertz CT molecular complexity index is 816. The van der Waals surface area contributed by atoms with Crippen LogP contribution in [0.3, 0.4) is 0 Å². The zero-order chi connectivity index (χ0) is 20.9. The Kier molecular flexibility index (Phi) is 6.42. The molecule has 29 heavy (non-hydrogen) atoms. The van der Waals surface area contributed by atoms with E-state index in [1.54, 1.807) is 20.8 Å². The number of esters is 1. The molecule has 0 N–H and O–H groups in total. The van der Waals surface area contributed by atoms with Crippen LogP contribution in [0.4, 0.5) is 4.79 Å². The molecule has 1 aliphatic heterocycles. The van der Waals surface area contributed by atoms with Crippen molar-refractivity contribution in [1.82, 2.24) is 4.90 Å². The van der Waals surface area contributed by atoms with Gasteiger partial charge in [-0.05, 0) is 38.5 Å².